The average molecular weight is 244 g/mol. The Hall–Kier alpha value is -1.70. The number of fused-ring (bicyclic) bond motifs is 1. The van der Waals surface area contributed by atoms with Crippen LogP contribution in [0.5, 0.6) is 11.5 Å². The van der Waals surface area contributed by atoms with Gasteiger partial charge in [-0.1, -0.05) is 19.1 Å². The van der Waals surface area contributed by atoms with E-state index >= 15 is 0 Å². The molecule has 96 valence electrons. The van der Waals surface area contributed by atoms with Crippen molar-refractivity contribution in [3.05, 3.63) is 35.9 Å². The summed E-state index contributed by atoms with van der Waals surface area (Å²) in [7, 11) is 0. The van der Waals surface area contributed by atoms with Gasteiger partial charge in [-0.05, 0) is 44.0 Å². The summed E-state index contributed by atoms with van der Waals surface area (Å²) in [6.45, 7) is 7.53. The third-order valence-electron chi connectivity index (χ3n) is 3.01. The summed E-state index contributed by atoms with van der Waals surface area (Å²) in [4.78, 5) is 0. The number of hydrogen-bond acceptors (Lipinski definition) is 2. The van der Waals surface area contributed by atoms with E-state index in [1.165, 1.54) is 5.56 Å². The molecule has 0 atom stereocenters. The van der Waals surface area contributed by atoms with E-state index in [-0.39, 0.29) is 0 Å². The Labute approximate surface area is 109 Å². The summed E-state index contributed by atoms with van der Waals surface area (Å²) in [6.07, 6.45) is 1.03. The molecule has 2 heteroatoms. The fraction of sp³-hybridized carbons (Fsp3) is 0.375. The van der Waals surface area contributed by atoms with Gasteiger partial charge in [-0.15, -0.1) is 0 Å². The van der Waals surface area contributed by atoms with Gasteiger partial charge in [-0.3, -0.25) is 0 Å². The van der Waals surface area contributed by atoms with Crippen LogP contribution >= 0.6 is 0 Å². The topological polar surface area (TPSA) is 18.5 Å². The molecule has 0 radical (unpaired) electrons. The molecule has 0 bridgehead atoms. The first-order chi connectivity index (χ1) is 8.80. The molecule has 0 N–H and O–H groups in total. The molecule has 0 fully saturated rings. The molecule has 0 aromatic heterocycles. The number of hydrogen-bond donors (Lipinski definition) is 0. The van der Waals surface area contributed by atoms with E-state index in [9.17, 15) is 0 Å². The molecule has 2 rings (SSSR count). The molecule has 0 unspecified atom stereocenters. The third kappa shape index (κ3) is 2.42. The number of rotatable bonds is 5. The fourth-order valence-corrected chi connectivity index (χ4v) is 2.12. The molecule has 0 heterocycles. The van der Waals surface area contributed by atoms with Crippen molar-refractivity contribution in [2.75, 3.05) is 13.2 Å². The standard InChI is InChI=1S/C16H20O2/c1-4-12-7-8-13-14(11-12)16(18-6-3)10-9-15(13)17-5-2/h7-11H,4-6H2,1-3H3. The van der Waals surface area contributed by atoms with Crippen molar-refractivity contribution in [1.82, 2.24) is 0 Å². The van der Waals surface area contributed by atoms with Gasteiger partial charge in [0.25, 0.3) is 0 Å². The van der Waals surface area contributed by atoms with Gasteiger partial charge in [0.15, 0.2) is 0 Å². The maximum Gasteiger partial charge on any atom is 0.127 e. The first-order valence-electron chi connectivity index (χ1n) is 6.61. The Bertz CT molecular complexity index is 532. The molecule has 0 aliphatic rings. The van der Waals surface area contributed by atoms with E-state index in [0.717, 1.165) is 28.7 Å². The quantitative estimate of drug-likeness (QED) is 0.784. The van der Waals surface area contributed by atoms with E-state index in [2.05, 4.69) is 25.1 Å². The Kier molecular flexibility index (Phi) is 4.08. The van der Waals surface area contributed by atoms with Gasteiger partial charge in [-0.2, -0.15) is 0 Å². The summed E-state index contributed by atoms with van der Waals surface area (Å²) >= 11 is 0. The lowest BCUT2D eigenvalue weighted by Crippen LogP contribution is -1.96. The number of ether oxygens (including phenoxy) is 2. The van der Waals surface area contributed by atoms with Crippen molar-refractivity contribution in [3.63, 3.8) is 0 Å². The molecule has 0 saturated carbocycles. The predicted molar refractivity (Wildman–Crippen MR) is 75.7 cm³/mol. The van der Waals surface area contributed by atoms with Crippen LogP contribution in [0.2, 0.25) is 0 Å². The highest BCUT2D eigenvalue weighted by molar-refractivity contribution is 5.93. The molecule has 0 aliphatic carbocycles. The Balaban J connectivity index is 2.61. The van der Waals surface area contributed by atoms with Crippen molar-refractivity contribution < 1.29 is 9.47 Å². The summed E-state index contributed by atoms with van der Waals surface area (Å²) < 4.78 is 11.4. The van der Waals surface area contributed by atoms with Crippen molar-refractivity contribution in [3.8, 4) is 11.5 Å². The summed E-state index contributed by atoms with van der Waals surface area (Å²) in [5.74, 6) is 1.87. The molecule has 0 spiro atoms. The zero-order valence-corrected chi connectivity index (χ0v) is 11.3. The van der Waals surface area contributed by atoms with Crippen molar-refractivity contribution in [1.29, 1.82) is 0 Å². The average Bonchev–Trinajstić information content (AvgIpc) is 2.41. The smallest absolute Gasteiger partial charge is 0.127 e. The van der Waals surface area contributed by atoms with Crippen LogP contribution in [0.4, 0.5) is 0 Å². The van der Waals surface area contributed by atoms with Crippen LogP contribution in [0.15, 0.2) is 30.3 Å². The first-order valence-corrected chi connectivity index (χ1v) is 6.61. The highest BCUT2D eigenvalue weighted by atomic mass is 16.5. The summed E-state index contributed by atoms with van der Waals surface area (Å²) in [5.41, 5.74) is 1.32. The van der Waals surface area contributed by atoms with Gasteiger partial charge in [0.1, 0.15) is 11.5 Å². The molecule has 0 aliphatic heterocycles. The Morgan fingerprint density at radius 2 is 1.39 bits per heavy atom. The van der Waals surface area contributed by atoms with E-state index in [4.69, 9.17) is 9.47 Å². The molecule has 0 saturated heterocycles. The van der Waals surface area contributed by atoms with E-state index in [1.807, 2.05) is 26.0 Å². The Morgan fingerprint density at radius 1 is 0.778 bits per heavy atom. The van der Waals surface area contributed by atoms with E-state index in [1.54, 1.807) is 0 Å². The van der Waals surface area contributed by atoms with Crippen molar-refractivity contribution in [2.45, 2.75) is 27.2 Å². The maximum atomic E-state index is 5.70. The first kappa shape index (κ1) is 12.7. The van der Waals surface area contributed by atoms with Gasteiger partial charge in [0.2, 0.25) is 0 Å². The molecule has 0 amide bonds. The maximum absolute atomic E-state index is 5.70. The van der Waals surface area contributed by atoms with Gasteiger partial charge >= 0.3 is 0 Å². The lowest BCUT2D eigenvalue weighted by molar-refractivity contribution is 0.336. The van der Waals surface area contributed by atoms with Crippen LogP contribution < -0.4 is 9.47 Å². The van der Waals surface area contributed by atoms with Gasteiger partial charge in [0, 0.05) is 10.8 Å². The monoisotopic (exact) mass is 244 g/mol. The zero-order valence-electron chi connectivity index (χ0n) is 11.3. The zero-order chi connectivity index (χ0) is 13.0. The highest BCUT2D eigenvalue weighted by Gasteiger charge is 2.08. The minimum absolute atomic E-state index is 0.679. The lowest BCUT2D eigenvalue weighted by atomic mass is 10.0. The fourth-order valence-electron chi connectivity index (χ4n) is 2.12. The molecule has 18 heavy (non-hydrogen) atoms. The van der Waals surface area contributed by atoms with Gasteiger partial charge in [0.05, 0.1) is 13.2 Å². The second-order valence-electron chi connectivity index (χ2n) is 4.16. The van der Waals surface area contributed by atoms with E-state index in [0.29, 0.717) is 13.2 Å². The van der Waals surface area contributed by atoms with E-state index < -0.39 is 0 Å². The predicted octanol–water partition coefficient (Wildman–Crippen LogP) is 4.20. The van der Waals surface area contributed by atoms with Gasteiger partial charge < -0.3 is 9.47 Å². The number of aryl methyl sites for hydroxylation is 1. The van der Waals surface area contributed by atoms with Crippen LogP contribution in [-0.4, -0.2) is 13.2 Å². The van der Waals surface area contributed by atoms with Gasteiger partial charge in [-0.25, -0.2) is 0 Å². The van der Waals surface area contributed by atoms with Crippen LogP contribution in [-0.2, 0) is 6.42 Å². The molecular formula is C16H20O2. The minimum Gasteiger partial charge on any atom is -0.493 e. The highest BCUT2D eigenvalue weighted by Crippen LogP contribution is 2.34. The molecule has 2 aromatic carbocycles. The number of benzene rings is 2. The second kappa shape index (κ2) is 5.76. The van der Waals surface area contributed by atoms with Crippen LogP contribution in [0.3, 0.4) is 0 Å². The van der Waals surface area contributed by atoms with Crippen molar-refractivity contribution >= 4 is 10.8 Å². The SMILES string of the molecule is CCOc1ccc(OCC)c2cc(CC)ccc12. The van der Waals surface area contributed by atoms with Crippen LogP contribution in [0.1, 0.15) is 26.3 Å². The second-order valence-corrected chi connectivity index (χ2v) is 4.16. The molecule has 2 nitrogen and oxygen atoms in total. The normalized spacial score (nSPS) is 10.6. The molecule has 2 aromatic rings. The molecular weight excluding hydrogens is 224 g/mol. The lowest BCUT2D eigenvalue weighted by Gasteiger charge is -2.13. The van der Waals surface area contributed by atoms with Crippen molar-refractivity contribution in [2.24, 2.45) is 0 Å². The van der Waals surface area contributed by atoms with Crippen LogP contribution in [0, 0.1) is 0 Å². The minimum atomic E-state index is 0.679. The Morgan fingerprint density at radius 3 is 1.94 bits per heavy atom. The summed E-state index contributed by atoms with van der Waals surface area (Å²) in [6, 6.07) is 10.5. The largest absolute Gasteiger partial charge is 0.493 e. The summed E-state index contributed by atoms with van der Waals surface area (Å²) in [5, 5.41) is 2.27. The third-order valence-corrected chi connectivity index (χ3v) is 3.01. The van der Waals surface area contributed by atoms with Crippen LogP contribution in [0.25, 0.3) is 10.8 Å².